The minimum Gasteiger partial charge on any atom is -0.394 e. The number of aliphatic hydroxyl groups excluding tert-OH is 4. The second-order valence-electron chi connectivity index (χ2n) is 7.49. The van der Waals surface area contributed by atoms with Gasteiger partial charge in [0.25, 0.3) is 5.91 Å². The number of morpholine rings is 1. The highest BCUT2D eigenvalue weighted by Crippen LogP contribution is 2.24. The Morgan fingerprint density at radius 1 is 1.19 bits per heavy atom. The van der Waals surface area contributed by atoms with Crippen LogP contribution in [-0.4, -0.2) is 89.9 Å². The zero-order valence-electron chi connectivity index (χ0n) is 17.1. The van der Waals surface area contributed by atoms with Crippen LogP contribution in [0.5, 0.6) is 0 Å². The maximum Gasteiger partial charge on any atom is 0.262 e. The number of hydrogen-bond donors (Lipinski definition) is 5. The molecule has 0 bridgehead atoms. The molecule has 10 nitrogen and oxygen atoms in total. The van der Waals surface area contributed by atoms with Crippen molar-refractivity contribution in [3.63, 3.8) is 0 Å². The van der Waals surface area contributed by atoms with Crippen molar-refractivity contribution >= 4 is 17.2 Å². The van der Waals surface area contributed by atoms with E-state index in [0.29, 0.717) is 24.4 Å². The summed E-state index contributed by atoms with van der Waals surface area (Å²) in [4.78, 5) is 14.9. The van der Waals surface area contributed by atoms with E-state index in [1.165, 1.54) is 0 Å². The predicted molar refractivity (Wildman–Crippen MR) is 110 cm³/mol. The highest BCUT2D eigenvalue weighted by Gasteiger charge is 2.44. The molecule has 1 aromatic carbocycles. The van der Waals surface area contributed by atoms with E-state index in [2.05, 4.69) is 10.2 Å². The van der Waals surface area contributed by atoms with Crippen molar-refractivity contribution in [1.82, 2.24) is 5.32 Å². The van der Waals surface area contributed by atoms with Gasteiger partial charge >= 0.3 is 0 Å². The Bertz CT molecular complexity index is 846. The summed E-state index contributed by atoms with van der Waals surface area (Å²) in [6.45, 7) is 3.92. The summed E-state index contributed by atoms with van der Waals surface area (Å²) < 4.78 is 10.4. The molecule has 0 radical (unpaired) electrons. The van der Waals surface area contributed by atoms with Crippen LogP contribution >= 0.6 is 0 Å². The number of anilines is 1. The van der Waals surface area contributed by atoms with Crippen LogP contribution in [0, 0.1) is 11.3 Å². The summed E-state index contributed by atoms with van der Waals surface area (Å²) in [7, 11) is 0. The summed E-state index contributed by atoms with van der Waals surface area (Å²) in [6.07, 6.45) is -5.94. The zero-order valence-corrected chi connectivity index (χ0v) is 17.1. The van der Waals surface area contributed by atoms with Crippen LogP contribution in [0.15, 0.2) is 29.8 Å². The molecule has 1 amide bonds. The average Bonchev–Trinajstić information content (AvgIpc) is 2.80. The van der Waals surface area contributed by atoms with Gasteiger partial charge in [0.05, 0.1) is 19.8 Å². The Hall–Kier alpha value is -2.52. The van der Waals surface area contributed by atoms with Crippen molar-refractivity contribution in [2.45, 2.75) is 37.6 Å². The molecule has 5 atom stereocenters. The molecule has 0 aromatic heterocycles. The van der Waals surface area contributed by atoms with Crippen LogP contribution in [0.2, 0.25) is 0 Å². The summed E-state index contributed by atoms with van der Waals surface area (Å²) in [6, 6.07) is 7.93. The third-order valence-electron chi connectivity index (χ3n) is 5.59. The number of carbonyl (C=O) groups is 1. The van der Waals surface area contributed by atoms with Gasteiger partial charge < -0.3 is 40.1 Å². The molecule has 1 unspecified atom stereocenters. The Morgan fingerprint density at radius 3 is 2.42 bits per heavy atom. The van der Waals surface area contributed by atoms with Gasteiger partial charge in [0.2, 0.25) is 0 Å². The summed E-state index contributed by atoms with van der Waals surface area (Å²) in [5.41, 5.74) is 1.91. The Morgan fingerprint density at radius 2 is 1.84 bits per heavy atom. The molecule has 3 rings (SSSR count). The smallest absolute Gasteiger partial charge is 0.262 e. The molecule has 2 aliphatic heterocycles. The lowest BCUT2D eigenvalue weighted by atomic mass is 9.96. The largest absolute Gasteiger partial charge is 0.394 e. The maximum absolute atomic E-state index is 12.7. The highest BCUT2D eigenvalue weighted by atomic mass is 16.6. The normalized spacial score (nSPS) is 29.7. The number of ether oxygens (including phenoxy) is 2. The fraction of sp³-hybridized carbons (Fsp3) is 0.524. The molecular weight excluding hydrogens is 406 g/mol. The molecule has 2 fully saturated rings. The zero-order chi connectivity index (χ0) is 22.5. The fourth-order valence-electron chi connectivity index (χ4n) is 3.67. The average molecular weight is 433 g/mol. The number of hydrogen-bond acceptors (Lipinski definition) is 9. The second kappa shape index (κ2) is 10.2. The quantitative estimate of drug-likeness (QED) is 0.282. The molecule has 5 N–H and O–H groups in total. The van der Waals surface area contributed by atoms with Crippen molar-refractivity contribution in [2.24, 2.45) is 0 Å². The first kappa shape index (κ1) is 23.1. The molecule has 2 aliphatic rings. The summed E-state index contributed by atoms with van der Waals surface area (Å²) in [5.74, 6) is -0.821. The molecule has 10 heteroatoms. The molecule has 168 valence electrons. The van der Waals surface area contributed by atoms with Crippen LogP contribution < -0.4 is 10.2 Å². The van der Waals surface area contributed by atoms with E-state index in [0.717, 1.165) is 18.8 Å². The number of nitrogens with one attached hydrogen (secondary N) is 1. The lowest BCUT2D eigenvalue weighted by Gasteiger charge is -2.40. The summed E-state index contributed by atoms with van der Waals surface area (Å²) >= 11 is 0. The van der Waals surface area contributed by atoms with Crippen LogP contribution in [0.4, 0.5) is 5.69 Å². The third-order valence-corrected chi connectivity index (χ3v) is 5.59. The number of benzene rings is 1. The number of carbonyl (C=O) groups excluding carboxylic acids is 1. The van der Waals surface area contributed by atoms with Crippen LogP contribution in [-0.2, 0) is 14.3 Å². The molecule has 2 heterocycles. The first-order valence-electron chi connectivity index (χ1n) is 10.0. The van der Waals surface area contributed by atoms with Crippen molar-refractivity contribution in [1.29, 1.82) is 5.26 Å². The molecule has 0 aliphatic carbocycles. The van der Waals surface area contributed by atoms with E-state index >= 15 is 0 Å². The van der Waals surface area contributed by atoms with Gasteiger partial charge in [-0.3, -0.25) is 4.79 Å². The molecule has 0 spiro atoms. The van der Waals surface area contributed by atoms with E-state index in [1.807, 2.05) is 30.3 Å². The van der Waals surface area contributed by atoms with E-state index in [4.69, 9.17) is 14.6 Å². The number of nitrogens with zero attached hydrogens (tertiary/aromatic N) is 2. The van der Waals surface area contributed by atoms with Gasteiger partial charge in [-0.2, -0.15) is 5.26 Å². The number of amides is 1. The predicted octanol–water partition coefficient (Wildman–Crippen LogP) is -1.26. The third kappa shape index (κ3) is 5.04. The van der Waals surface area contributed by atoms with Crippen molar-refractivity contribution in [3.8, 4) is 6.07 Å². The van der Waals surface area contributed by atoms with Gasteiger partial charge in [0, 0.05) is 18.8 Å². The molecule has 1 aromatic rings. The van der Waals surface area contributed by atoms with Crippen molar-refractivity contribution < 1.29 is 34.7 Å². The van der Waals surface area contributed by atoms with Gasteiger partial charge in [-0.25, -0.2) is 0 Å². The second-order valence-corrected chi connectivity index (χ2v) is 7.49. The van der Waals surface area contributed by atoms with Crippen LogP contribution in [0.1, 0.15) is 12.5 Å². The van der Waals surface area contributed by atoms with Gasteiger partial charge in [0.1, 0.15) is 36.0 Å². The molecular formula is C21H27N3O7. The lowest BCUT2D eigenvalue weighted by molar-refractivity contribution is -0.253. The van der Waals surface area contributed by atoms with Crippen LogP contribution in [0.25, 0.3) is 5.57 Å². The fourth-order valence-corrected chi connectivity index (χ4v) is 3.67. The van der Waals surface area contributed by atoms with Gasteiger partial charge in [-0.05, 0) is 30.2 Å². The van der Waals surface area contributed by atoms with E-state index in [9.17, 15) is 25.4 Å². The SMILES string of the molecule is C/C(=C(/C#N)C(=O)N[C@H]1C(O)O[C@H](CO)[C@@H](O)[C@@H]1O)c1ccc(N2CCOCC2)cc1. The monoisotopic (exact) mass is 433 g/mol. The molecule has 2 saturated heterocycles. The molecule has 0 saturated carbocycles. The standard InChI is InChI=1S/C21H27N3O7/c1-12(13-2-4-14(5-3-13)24-6-8-30-9-7-24)15(10-22)20(28)23-17-19(27)18(26)16(11-25)31-21(17)29/h2-5,16-19,21,25-27,29H,6-9,11H2,1H3,(H,23,28)/b15-12+/t16-,17-,18-,19-,21?/m1/s1. The maximum atomic E-state index is 12.7. The topological polar surface area (TPSA) is 156 Å². The lowest BCUT2D eigenvalue weighted by Crippen LogP contribution is -2.64. The number of allylic oxidation sites excluding steroid dienone is 1. The minimum absolute atomic E-state index is 0.197. The number of rotatable bonds is 5. The van der Waals surface area contributed by atoms with Gasteiger partial charge in [-0.15, -0.1) is 0 Å². The first-order chi connectivity index (χ1) is 14.9. The first-order valence-corrected chi connectivity index (χ1v) is 10.0. The van der Waals surface area contributed by atoms with Crippen LogP contribution in [0.3, 0.4) is 0 Å². The van der Waals surface area contributed by atoms with E-state index in [-0.39, 0.29) is 5.57 Å². The summed E-state index contributed by atoms with van der Waals surface area (Å²) in [5, 5.41) is 51.2. The Balaban J connectivity index is 1.75. The number of nitriles is 1. The molecule has 31 heavy (non-hydrogen) atoms. The van der Waals surface area contributed by atoms with Crippen molar-refractivity contribution in [3.05, 3.63) is 35.4 Å². The number of aliphatic hydroxyl groups is 4. The van der Waals surface area contributed by atoms with E-state index < -0.39 is 43.2 Å². The van der Waals surface area contributed by atoms with Crippen molar-refractivity contribution in [2.75, 3.05) is 37.8 Å². The highest BCUT2D eigenvalue weighted by molar-refractivity contribution is 6.04. The Labute approximate surface area is 179 Å². The van der Waals surface area contributed by atoms with Gasteiger partial charge in [-0.1, -0.05) is 12.1 Å². The van der Waals surface area contributed by atoms with Gasteiger partial charge in [0.15, 0.2) is 6.29 Å². The van der Waals surface area contributed by atoms with E-state index in [1.54, 1.807) is 6.92 Å². The Kier molecular flexibility index (Phi) is 7.61. The minimum atomic E-state index is -1.66.